The minimum Gasteiger partial charge on any atom is -0.356 e. The van der Waals surface area contributed by atoms with E-state index in [-0.39, 0.29) is 5.92 Å². The maximum absolute atomic E-state index is 12.8. The summed E-state index contributed by atoms with van der Waals surface area (Å²) >= 11 is 0. The highest BCUT2D eigenvalue weighted by molar-refractivity contribution is 5.41. The third-order valence-corrected chi connectivity index (χ3v) is 4.99. The molecule has 4 heterocycles. The zero-order valence-electron chi connectivity index (χ0n) is 15.2. The Morgan fingerprint density at radius 2 is 1.93 bits per heavy atom. The van der Waals surface area contributed by atoms with Gasteiger partial charge in [-0.25, -0.2) is 9.97 Å². The zero-order chi connectivity index (χ0) is 19.6. The molecule has 0 saturated carbocycles. The molecule has 1 aliphatic heterocycles. The topological polar surface area (TPSA) is 46.8 Å². The number of anilines is 1. The summed E-state index contributed by atoms with van der Waals surface area (Å²) in [6.45, 7) is 2.10. The van der Waals surface area contributed by atoms with Gasteiger partial charge in [-0.2, -0.15) is 13.2 Å². The van der Waals surface area contributed by atoms with Gasteiger partial charge in [-0.3, -0.25) is 4.98 Å². The van der Waals surface area contributed by atoms with Gasteiger partial charge < -0.3 is 9.47 Å². The number of piperidine rings is 1. The molecule has 0 N–H and O–H groups in total. The first-order chi connectivity index (χ1) is 13.5. The van der Waals surface area contributed by atoms with Crippen LogP contribution in [-0.4, -0.2) is 32.6 Å². The van der Waals surface area contributed by atoms with Crippen molar-refractivity contribution in [2.45, 2.75) is 31.5 Å². The number of pyridine rings is 2. The molecule has 3 aromatic heterocycles. The van der Waals surface area contributed by atoms with Crippen LogP contribution in [-0.2, 0) is 12.7 Å². The highest BCUT2D eigenvalue weighted by Crippen LogP contribution is 2.32. The Bertz CT molecular complexity index is 906. The number of nitrogens with zero attached hydrogens (tertiary/aromatic N) is 5. The van der Waals surface area contributed by atoms with Gasteiger partial charge in [0.05, 0.1) is 17.8 Å². The second-order valence-electron chi connectivity index (χ2n) is 6.92. The maximum Gasteiger partial charge on any atom is 0.417 e. The second kappa shape index (κ2) is 7.61. The monoisotopic (exact) mass is 387 g/mol. The van der Waals surface area contributed by atoms with E-state index in [4.69, 9.17) is 0 Å². The molecule has 1 fully saturated rings. The largest absolute Gasteiger partial charge is 0.417 e. The van der Waals surface area contributed by atoms with Crippen molar-refractivity contribution >= 4 is 5.82 Å². The van der Waals surface area contributed by atoms with Gasteiger partial charge in [0.25, 0.3) is 0 Å². The van der Waals surface area contributed by atoms with Gasteiger partial charge in [-0.15, -0.1) is 0 Å². The smallest absolute Gasteiger partial charge is 0.356 e. The standard InChI is InChI=1S/C20H20F3N5/c21-20(22,23)16-6-7-18(26-12-16)27-10-3-4-15(13-27)19-25-9-11-28(19)14-17-5-1-2-8-24-17/h1-2,5-9,11-12,15H,3-4,10,13-14H2. The van der Waals surface area contributed by atoms with E-state index in [9.17, 15) is 13.2 Å². The van der Waals surface area contributed by atoms with E-state index >= 15 is 0 Å². The van der Waals surface area contributed by atoms with Gasteiger partial charge in [-0.1, -0.05) is 6.07 Å². The van der Waals surface area contributed by atoms with Gasteiger partial charge >= 0.3 is 6.18 Å². The molecule has 0 radical (unpaired) electrons. The maximum atomic E-state index is 12.8. The quantitative estimate of drug-likeness (QED) is 0.676. The van der Waals surface area contributed by atoms with Crippen LogP contribution < -0.4 is 4.90 Å². The van der Waals surface area contributed by atoms with Crippen LogP contribution in [0.15, 0.2) is 55.1 Å². The van der Waals surface area contributed by atoms with E-state index in [1.165, 1.54) is 6.07 Å². The van der Waals surface area contributed by atoms with Crippen LogP contribution in [0.25, 0.3) is 0 Å². The molecule has 3 aromatic rings. The lowest BCUT2D eigenvalue weighted by atomic mass is 9.97. The number of imidazole rings is 1. The van der Waals surface area contributed by atoms with Gasteiger partial charge in [0, 0.05) is 43.8 Å². The van der Waals surface area contributed by atoms with Crippen molar-refractivity contribution in [3.05, 3.63) is 72.2 Å². The van der Waals surface area contributed by atoms with Crippen LogP contribution >= 0.6 is 0 Å². The molecule has 1 atom stereocenters. The average Bonchev–Trinajstić information content (AvgIpc) is 3.16. The Balaban J connectivity index is 1.50. The predicted octanol–water partition coefficient (Wildman–Crippen LogP) is 4.12. The molecule has 8 heteroatoms. The molecule has 0 aromatic carbocycles. The summed E-state index contributed by atoms with van der Waals surface area (Å²) in [5.41, 5.74) is 0.231. The van der Waals surface area contributed by atoms with E-state index < -0.39 is 11.7 Å². The summed E-state index contributed by atoms with van der Waals surface area (Å²) in [4.78, 5) is 15.0. The summed E-state index contributed by atoms with van der Waals surface area (Å²) < 4.78 is 40.4. The molecule has 0 bridgehead atoms. The Kier molecular flexibility index (Phi) is 5.02. The first-order valence-corrected chi connectivity index (χ1v) is 9.20. The summed E-state index contributed by atoms with van der Waals surface area (Å²) in [7, 11) is 0. The molecule has 146 valence electrons. The number of aromatic nitrogens is 4. The minimum atomic E-state index is -4.37. The Morgan fingerprint density at radius 3 is 2.64 bits per heavy atom. The summed E-state index contributed by atoms with van der Waals surface area (Å²) in [6, 6.07) is 8.36. The minimum absolute atomic E-state index is 0.191. The van der Waals surface area contributed by atoms with E-state index in [0.29, 0.717) is 18.9 Å². The van der Waals surface area contributed by atoms with Crippen molar-refractivity contribution in [1.82, 2.24) is 19.5 Å². The Hall–Kier alpha value is -2.90. The fourth-order valence-corrected chi connectivity index (χ4v) is 3.62. The number of halogens is 3. The molecule has 0 amide bonds. The number of hydrogen-bond donors (Lipinski definition) is 0. The molecular formula is C20H20F3N5. The number of alkyl halides is 3. The zero-order valence-corrected chi connectivity index (χ0v) is 15.2. The van der Waals surface area contributed by atoms with Crippen molar-refractivity contribution in [3.8, 4) is 0 Å². The molecule has 28 heavy (non-hydrogen) atoms. The molecule has 1 unspecified atom stereocenters. The molecular weight excluding hydrogens is 367 g/mol. The Labute approximate surface area is 160 Å². The van der Waals surface area contributed by atoms with E-state index in [0.717, 1.165) is 43.2 Å². The SMILES string of the molecule is FC(F)(F)c1ccc(N2CCCC(c3nccn3Cc3ccccn3)C2)nc1. The lowest BCUT2D eigenvalue weighted by Gasteiger charge is -2.33. The summed E-state index contributed by atoms with van der Waals surface area (Å²) in [5.74, 6) is 1.74. The van der Waals surface area contributed by atoms with E-state index in [2.05, 4.69) is 19.5 Å². The van der Waals surface area contributed by atoms with Crippen LogP contribution in [0.4, 0.5) is 19.0 Å². The third-order valence-electron chi connectivity index (χ3n) is 4.99. The van der Waals surface area contributed by atoms with Crippen molar-refractivity contribution in [3.63, 3.8) is 0 Å². The molecule has 4 rings (SSSR count). The first-order valence-electron chi connectivity index (χ1n) is 9.20. The van der Waals surface area contributed by atoms with Gasteiger partial charge in [0.1, 0.15) is 11.6 Å². The molecule has 0 aliphatic carbocycles. The average molecular weight is 387 g/mol. The van der Waals surface area contributed by atoms with Crippen molar-refractivity contribution in [2.75, 3.05) is 18.0 Å². The van der Waals surface area contributed by atoms with Gasteiger partial charge in [0.2, 0.25) is 0 Å². The first kappa shape index (κ1) is 18.5. The van der Waals surface area contributed by atoms with Crippen molar-refractivity contribution < 1.29 is 13.2 Å². The number of hydrogen-bond acceptors (Lipinski definition) is 4. The summed E-state index contributed by atoms with van der Waals surface area (Å²) in [6.07, 6.45) is 3.95. The normalized spacial score (nSPS) is 17.7. The lowest BCUT2D eigenvalue weighted by Crippen LogP contribution is -2.36. The fourth-order valence-electron chi connectivity index (χ4n) is 3.62. The third kappa shape index (κ3) is 4.00. The van der Waals surface area contributed by atoms with Crippen LogP contribution in [0, 0.1) is 0 Å². The number of rotatable bonds is 4. The highest BCUT2D eigenvalue weighted by Gasteiger charge is 2.31. The Morgan fingerprint density at radius 1 is 1.04 bits per heavy atom. The van der Waals surface area contributed by atoms with E-state index in [1.54, 1.807) is 12.4 Å². The van der Waals surface area contributed by atoms with E-state index in [1.807, 2.05) is 29.3 Å². The molecule has 0 spiro atoms. The van der Waals surface area contributed by atoms with Crippen LogP contribution in [0.3, 0.4) is 0 Å². The molecule has 1 aliphatic rings. The van der Waals surface area contributed by atoms with Crippen LogP contribution in [0.1, 0.15) is 35.8 Å². The predicted molar refractivity (Wildman–Crippen MR) is 99.0 cm³/mol. The van der Waals surface area contributed by atoms with Gasteiger partial charge in [0.15, 0.2) is 0 Å². The van der Waals surface area contributed by atoms with Crippen molar-refractivity contribution in [1.29, 1.82) is 0 Å². The lowest BCUT2D eigenvalue weighted by molar-refractivity contribution is -0.137. The van der Waals surface area contributed by atoms with Crippen LogP contribution in [0.5, 0.6) is 0 Å². The fraction of sp³-hybridized carbons (Fsp3) is 0.350. The molecule has 5 nitrogen and oxygen atoms in total. The molecule has 1 saturated heterocycles. The summed E-state index contributed by atoms with van der Waals surface area (Å²) in [5, 5.41) is 0. The highest BCUT2D eigenvalue weighted by atomic mass is 19.4. The van der Waals surface area contributed by atoms with Crippen LogP contribution in [0.2, 0.25) is 0 Å². The second-order valence-corrected chi connectivity index (χ2v) is 6.92. The van der Waals surface area contributed by atoms with Gasteiger partial charge in [-0.05, 0) is 37.1 Å². The van der Waals surface area contributed by atoms with Crippen molar-refractivity contribution in [2.24, 2.45) is 0 Å².